The Morgan fingerprint density at radius 2 is 2.00 bits per heavy atom. The van der Waals surface area contributed by atoms with Gasteiger partial charge in [-0.25, -0.2) is 14.2 Å². The number of carboxylic acid groups (broad SMARTS) is 1. The zero-order valence-electron chi connectivity index (χ0n) is 22.4. The highest BCUT2D eigenvalue weighted by atomic mass is 19.1. The van der Waals surface area contributed by atoms with Gasteiger partial charge in [0.15, 0.2) is 0 Å². The lowest BCUT2D eigenvalue weighted by Crippen LogP contribution is -2.33. The number of imidazole rings is 1. The van der Waals surface area contributed by atoms with Gasteiger partial charge >= 0.3 is 5.97 Å². The molecule has 0 aliphatic carbocycles. The molecule has 8 nitrogen and oxygen atoms in total. The van der Waals surface area contributed by atoms with E-state index in [9.17, 15) is 14.3 Å². The summed E-state index contributed by atoms with van der Waals surface area (Å²) in [4.78, 5) is 18.7. The highest BCUT2D eigenvalue weighted by molar-refractivity contribution is 5.92. The number of rotatable bonds is 9. The lowest BCUT2D eigenvalue weighted by molar-refractivity contribution is -0.0591. The van der Waals surface area contributed by atoms with Crippen LogP contribution < -0.4 is 4.74 Å². The van der Waals surface area contributed by atoms with Crippen LogP contribution in [0.2, 0.25) is 0 Å². The summed E-state index contributed by atoms with van der Waals surface area (Å²) >= 11 is 0. The number of carboxylic acids is 1. The van der Waals surface area contributed by atoms with Crippen LogP contribution in [0.3, 0.4) is 0 Å². The van der Waals surface area contributed by atoms with E-state index >= 15 is 0 Å². The molecule has 2 aliphatic heterocycles. The van der Waals surface area contributed by atoms with E-state index in [0.29, 0.717) is 30.9 Å². The van der Waals surface area contributed by atoms with E-state index in [1.165, 1.54) is 12.1 Å². The fourth-order valence-electron chi connectivity index (χ4n) is 5.25. The molecule has 6 rings (SSSR count). The molecule has 1 fully saturated rings. The molecule has 0 bridgehead atoms. The van der Waals surface area contributed by atoms with Crippen LogP contribution >= 0.6 is 0 Å². The van der Waals surface area contributed by atoms with E-state index in [-0.39, 0.29) is 24.1 Å². The molecule has 0 radical (unpaired) electrons. The summed E-state index contributed by atoms with van der Waals surface area (Å²) in [5.41, 5.74) is 5.15. The first-order valence-corrected chi connectivity index (χ1v) is 13.6. The maximum Gasteiger partial charge on any atom is 0.335 e. The monoisotopic (exact) mass is 552 g/mol. The molecule has 9 heteroatoms. The third kappa shape index (κ3) is 5.99. The number of aromatic nitrogens is 2. The van der Waals surface area contributed by atoms with Crippen LogP contribution in [-0.2, 0) is 24.4 Å². The minimum atomic E-state index is -0.963. The fraction of sp³-hybridized carbons (Fsp3) is 0.281. The Morgan fingerprint density at radius 3 is 2.68 bits per heavy atom. The number of ether oxygens (including phenoxy) is 2. The second kappa shape index (κ2) is 11.5. The summed E-state index contributed by atoms with van der Waals surface area (Å²) in [6.45, 7) is 3.72. The topological polar surface area (TPSA) is 101 Å². The predicted octanol–water partition coefficient (Wildman–Crippen LogP) is 5.40. The molecule has 4 aromatic rings. The normalized spacial score (nSPS) is 17.1. The molecule has 0 amide bonds. The van der Waals surface area contributed by atoms with Gasteiger partial charge in [0.1, 0.15) is 24.0 Å². The van der Waals surface area contributed by atoms with Crippen molar-refractivity contribution in [1.82, 2.24) is 14.5 Å². The number of aromatic carboxylic acids is 1. The molecule has 3 aromatic carbocycles. The molecule has 0 spiro atoms. The molecule has 1 N–H and O–H groups in total. The van der Waals surface area contributed by atoms with Crippen LogP contribution in [0.25, 0.3) is 16.6 Å². The van der Waals surface area contributed by atoms with Crippen LogP contribution in [0.4, 0.5) is 4.39 Å². The maximum absolute atomic E-state index is 14.5. The first-order chi connectivity index (χ1) is 19.9. The van der Waals surface area contributed by atoms with Crippen molar-refractivity contribution in [2.45, 2.75) is 38.6 Å². The van der Waals surface area contributed by atoms with Crippen LogP contribution in [0, 0.1) is 17.1 Å². The smallest absolute Gasteiger partial charge is 0.335 e. The van der Waals surface area contributed by atoms with Crippen molar-refractivity contribution < 1.29 is 23.8 Å². The lowest BCUT2D eigenvalue weighted by atomic mass is 9.99. The molecule has 0 saturated carbocycles. The summed E-state index contributed by atoms with van der Waals surface area (Å²) in [5.74, 6) is 0.0164. The zero-order valence-corrected chi connectivity index (χ0v) is 22.4. The second-order valence-corrected chi connectivity index (χ2v) is 10.4. The summed E-state index contributed by atoms with van der Waals surface area (Å²) < 4.78 is 28.2. The molecule has 1 saturated heterocycles. The molecule has 3 heterocycles. The minimum absolute atomic E-state index is 0.105. The highest BCUT2D eigenvalue weighted by Gasteiger charge is 2.24. The maximum atomic E-state index is 14.5. The van der Waals surface area contributed by atoms with E-state index in [0.717, 1.165) is 59.6 Å². The van der Waals surface area contributed by atoms with Gasteiger partial charge in [-0.3, -0.25) is 4.90 Å². The van der Waals surface area contributed by atoms with Gasteiger partial charge < -0.3 is 19.1 Å². The van der Waals surface area contributed by atoms with Crippen molar-refractivity contribution in [2.75, 3.05) is 19.7 Å². The molecular formula is C32H29FN4O4. The highest BCUT2D eigenvalue weighted by Crippen LogP contribution is 2.29. The SMILES string of the molecule is N#Cc1ccc(COc2cc(F)cc(C3=CCN(Cc4nc5ccc(C(=O)O)cc5n4C[C@@H]4CCO4)CC3)c2)cc1. The van der Waals surface area contributed by atoms with Crippen molar-refractivity contribution in [3.63, 3.8) is 0 Å². The van der Waals surface area contributed by atoms with E-state index in [1.807, 2.05) is 18.2 Å². The molecule has 0 unspecified atom stereocenters. The van der Waals surface area contributed by atoms with Crippen LogP contribution in [0.15, 0.2) is 66.7 Å². The minimum Gasteiger partial charge on any atom is -0.489 e. The molecule has 1 atom stereocenters. The summed E-state index contributed by atoms with van der Waals surface area (Å²) in [7, 11) is 0. The van der Waals surface area contributed by atoms with E-state index < -0.39 is 5.97 Å². The van der Waals surface area contributed by atoms with Crippen molar-refractivity contribution in [3.8, 4) is 11.8 Å². The Kier molecular flexibility index (Phi) is 7.51. The van der Waals surface area contributed by atoms with Gasteiger partial charge in [0.25, 0.3) is 0 Å². The van der Waals surface area contributed by atoms with E-state index in [2.05, 4.69) is 21.6 Å². The standard InChI is InChI=1S/C32H29FN4O4/c33-26-13-25(14-28(16-26)41-20-22-3-1-21(17-34)2-4-22)23-7-10-36(11-8-23)19-31-35-29-6-5-24(32(38)39)15-30(29)37(31)18-27-9-12-40-27/h1-7,13-16,27H,8-12,18-20H2,(H,38,39)/t27-/m0/s1. The average Bonchev–Trinajstić information content (AvgIpc) is 3.30. The van der Waals surface area contributed by atoms with Gasteiger partial charge in [0.05, 0.1) is 47.4 Å². The average molecular weight is 553 g/mol. The lowest BCUT2D eigenvalue weighted by Gasteiger charge is -2.29. The zero-order chi connectivity index (χ0) is 28.3. The van der Waals surface area contributed by atoms with Crippen molar-refractivity contribution in [3.05, 3.63) is 101 Å². The van der Waals surface area contributed by atoms with E-state index in [4.69, 9.17) is 19.7 Å². The predicted molar refractivity (Wildman–Crippen MR) is 151 cm³/mol. The number of fused-ring (bicyclic) bond motifs is 1. The van der Waals surface area contributed by atoms with Gasteiger partial charge in [0, 0.05) is 25.8 Å². The van der Waals surface area contributed by atoms with Gasteiger partial charge in [-0.2, -0.15) is 5.26 Å². The fourth-order valence-corrected chi connectivity index (χ4v) is 5.25. The number of carbonyl (C=O) groups is 1. The molecule has 208 valence electrons. The first kappa shape index (κ1) is 26.7. The molecule has 2 aliphatic rings. The summed E-state index contributed by atoms with van der Waals surface area (Å²) in [6.07, 6.45) is 3.94. The molecule has 1 aromatic heterocycles. The number of hydrogen-bond donors (Lipinski definition) is 1. The third-order valence-corrected chi connectivity index (χ3v) is 7.64. The summed E-state index contributed by atoms with van der Waals surface area (Å²) in [6, 6.07) is 19.0. The quantitative estimate of drug-likeness (QED) is 0.297. The molecular weight excluding hydrogens is 523 g/mol. The Hall–Kier alpha value is -4.52. The number of nitrogens with zero attached hydrogens (tertiary/aromatic N) is 4. The second-order valence-electron chi connectivity index (χ2n) is 10.4. The van der Waals surface area contributed by atoms with Crippen molar-refractivity contribution >= 4 is 22.6 Å². The van der Waals surface area contributed by atoms with Gasteiger partial charge in [-0.1, -0.05) is 18.2 Å². The molecule has 41 heavy (non-hydrogen) atoms. The summed E-state index contributed by atoms with van der Waals surface area (Å²) in [5, 5.41) is 18.4. The Morgan fingerprint density at radius 1 is 1.17 bits per heavy atom. The third-order valence-electron chi connectivity index (χ3n) is 7.64. The Balaban J connectivity index is 1.16. The Bertz CT molecular complexity index is 1670. The van der Waals surface area contributed by atoms with Gasteiger partial charge in [0.2, 0.25) is 0 Å². The number of benzene rings is 3. The number of hydrogen-bond acceptors (Lipinski definition) is 6. The largest absolute Gasteiger partial charge is 0.489 e. The Labute approximate surface area is 236 Å². The van der Waals surface area contributed by atoms with Crippen molar-refractivity contribution in [2.24, 2.45) is 0 Å². The van der Waals surface area contributed by atoms with Crippen LogP contribution in [0.5, 0.6) is 5.75 Å². The van der Waals surface area contributed by atoms with Gasteiger partial charge in [-0.05, 0) is 72.0 Å². The first-order valence-electron chi connectivity index (χ1n) is 13.6. The van der Waals surface area contributed by atoms with Crippen LogP contribution in [-0.4, -0.2) is 51.3 Å². The number of halogens is 1. The van der Waals surface area contributed by atoms with E-state index in [1.54, 1.807) is 30.3 Å². The van der Waals surface area contributed by atoms with Crippen LogP contribution in [0.1, 0.15) is 45.7 Å². The number of nitriles is 1. The van der Waals surface area contributed by atoms with Gasteiger partial charge in [-0.15, -0.1) is 0 Å². The van der Waals surface area contributed by atoms with Crippen molar-refractivity contribution in [1.29, 1.82) is 5.26 Å².